The Bertz CT molecular complexity index is 250. The Balaban J connectivity index is 2.12. The van der Waals surface area contributed by atoms with Gasteiger partial charge < -0.3 is 20.1 Å². The quantitative estimate of drug-likeness (QED) is 0.494. The van der Waals surface area contributed by atoms with Crippen molar-refractivity contribution in [2.75, 3.05) is 20.2 Å². The molecule has 0 spiro atoms. The second kappa shape index (κ2) is 5.16. The van der Waals surface area contributed by atoms with Gasteiger partial charge in [0.25, 0.3) is 0 Å². The number of nitrogens with one attached hydrogen (secondary N) is 2. The van der Waals surface area contributed by atoms with Gasteiger partial charge in [-0.25, -0.2) is 4.79 Å². The second-order valence-electron chi connectivity index (χ2n) is 2.82. The van der Waals surface area contributed by atoms with Gasteiger partial charge in [-0.3, -0.25) is 0 Å². The predicted octanol–water partition coefficient (Wildman–Crippen LogP) is 0.358. The van der Waals surface area contributed by atoms with Gasteiger partial charge in [-0.1, -0.05) is 6.58 Å². The molecule has 0 saturated carbocycles. The fraction of sp³-hybridized carbons (Fsp3) is 0.444. The molecule has 1 heterocycles. The van der Waals surface area contributed by atoms with Crippen molar-refractivity contribution >= 4 is 6.09 Å². The summed E-state index contributed by atoms with van der Waals surface area (Å²) in [6.07, 6.45) is 2.63. The molecule has 2 N–H and O–H groups in total. The number of cyclic esters (lactones) is 1. The predicted molar refractivity (Wildman–Crippen MR) is 51.6 cm³/mol. The highest BCUT2D eigenvalue weighted by Crippen LogP contribution is 2.00. The molecule has 5 nitrogen and oxygen atoms in total. The summed E-state index contributed by atoms with van der Waals surface area (Å²) in [7, 11) is 1.77. The molecule has 0 aromatic heterocycles. The zero-order chi connectivity index (χ0) is 10.4. The van der Waals surface area contributed by atoms with Crippen LogP contribution in [0.2, 0.25) is 0 Å². The molecule has 0 aromatic carbocycles. The van der Waals surface area contributed by atoms with E-state index in [1.165, 1.54) is 6.26 Å². The van der Waals surface area contributed by atoms with Crippen LogP contribution in [0.5, 0.6) is 0 Å². The van der Waals surface area contributed by atoms with Crippen LogP contribution in [0.25, 0.3) is 0 Å². The number of amides is 1. The summed E-state index contributed by atoms with van der Waals surface area (Å²) < 4.78 is 9.99. The molecule has 1 atom stereocenters. The van der Waals surface area contributed by atoms with E-state index in [1.54, 1.807) is 13.1 Å². The van der Waals surface area contributed by atoms with Crippen LogP contribution in [0.1, 0.15) is 0 Å². The first-order valence-corrected chi connectivity index (χ1v) is 4.31. The van der Waals surface area contributed by atoms with Crippen molar-refractivity contribution in [3.8, 4) is 0 Å². The van der Waals surface area contributed by atoms with E-state index >= 15 is 0 Å². The highest BCUT2D eigenvalue weighted by Gasteiger charge is 2.22. The first-order valence-electron chi connectivity index (χ1n) is 4.31. The lowest BCUT2D eigenvalue weighted by Crippen LogP contribution is -2.19. The Hall–Kier alpha value is -1.65. The maximum absolute atomic E-state index is 10.6. The first-order chi connectivity index (χ1) is 6.72. The maximum Gasteiger partial charge on any atom is 0.407 e. The number of likely N-dealkylation sites (N-methyl/N-ethyl adjacent to an activating group) is 1. The van der Waals surface area contributed by atoms with Gasteiger partial charge in [0.15, 0.2) is 6.10 Å². The normalized spacial score (nSPS) is 20.4. The molecule has 1 amide bonds. The van der Waals surface area contributed by atoms with Gasteiger partial charge in [0, 0.05) is 12.7 Å². The third-order valence-electron chi connectivity index (χ3n) is 1.72. The van der Waals surface area contributed by atoms with Gasteiger partial charge in [-0.2, -0.15) is 0 Å². The monoisotopic (exact) mass is 198 g/mol. The number of ether oxygens (including phenoxy) is 2. The Morgan fingerprint density at radius 2 is 2.71 bits per heavy atom. The average molecular weight is 198 g/mol. The SMILES string of the molecule is C=C(/C=C/OCC1CNC(=O)O1)NC. The van der Waals surface area contributed by atoms with E-state index in [0.29, 0.717) is 13.2 Å². The second-order valence-corrected chi connectivity index (χ2v) is 2.82. The summed E-state index contributed by atoms with van der Waals surface area (Å²) in [5, 5.41) is 5.38. The smallest absolute Gasteiger partial charge is 0.407 e. The molecular formula is C9H14N2O3. The van der Waals surface area contributed by atoms with Crippen LogP contribution in [-0.2, 0) is 9.47 Å². The van der Waals surface area contributed by atoms with Gasteiger partial charge in [-0.15, -0.1) is 0 Å². The van der Waals surface area contributed by atoms with Crippen LogP contribution in [-0.4, -0.2) is 32.4 Å². The highest BCUT2D eigenvalue weighted by molar-refractivity contribution is 5.69. The van der Waals surface area contributed by atoms with E-state index in [0.717, 1.165) is 5.70 Å². The number of rotatable bonds is 5. The van der Waals surface area contributed by atoms with Crippen molar-refractivity contribution < 1.29 is 14.3 Å². The summed E-state index contributed by atoms with van der Waals surface area (Å²) in [4.78, 5) is 10.6. The molecule has 14 heavy (non-hydrogen) atoms. The van der Waals surface area contributed by atoms with Crippen molar-refractivity contribution in [2.45, 2.75) is 6.10 Å². The minimum Gasteiger partial charge on any atom is -0.497 e. The van der Waals surface area contributed by atoms with Crippen molar-refractivity contribution in [3.05, 3.63) is 24.6 Å². The largest absolute Gasteiger partial charge is 0.497 e. The molecule has 78 valence electrons. The number of carbonyl (C=O) groups is 1. The Labute approximate surface area is 82.8 Å². The van der Waals surface area contributed by atoms with Crippen LogP contribution in [0, 0.1) is 0 Å². The van der Waals surface area contributed by atoms with E-state index in [1.807, 2.05) is 0 Å². The molecule has 1 fully saturated rings. The Kier molecular flexibility index (Phi) is 3.84. The van der Waals surface area contributed by atoms with E-state index in [4.69, 9.17) is 9.47 Å². The average Bonchev–Trinajstić information content (AvgIpc) is 2.58. The number of carbonyl (C=O) groups excluding carboxylic acids is 1. The number of hydrogen-bond donors (Lipinski definition) is 2. The van der Waals surface area contributed by atoms with Gasteiger partial charge in [0.2, 0.25) is 0 Å². The molecule has 0 radical (unpaired) electrons. The van der Waals surface area contributed by atoms with Crippen molar-refractivity contribution in [1.82, 2.24) is 10.6 Å². The van der Waals surface area contributed by atoms with Gasteiger partial charge in [0.05, 0.1) is 12.8 Å². The van der Waals surface area contributed by atoms with Gasteiger partial charge in [-0.05, 0) is 6.08 Å². The van der Waals surface area contributed by atoms with E-state index in [-0.39, 0.29) is 12.2 Å². The number of hydrogen-bond acceptors (Lipinski definition) is 4. The lowest BCUT2D eigenvalue weighted by Gasteiger charge is -2.06. The van der Waals surface area contributed by atoms with Crippen LogP contribution in [0.15, 0.2) is 24.6 Å². The summed E-state index contributed by atoms with van der Waals surface area (Å²) >= 11 is 0. The molecule has 0 bridgehead atoms. The molecule has 1 rings (SSSR count). The lowest BCUT2D eigenvalue weighted by atomic mass is 10.4. The Morgan fingerprint density at radius 1 is 1.93 bits per heavy atom. The molecule has 1 saturated heterocycles. The maximum atomic E-state index is 10.6. The van der Waals surface area contributed by atoms with E-state index in [2.05, 4.69) is 17.2 Å². The number of alkyl carbamates (subject to hydrolysis) is 1. The minimum atomic E-state index is -0.387. The summed E-state index contributed by atoms with van der Waals surface area (Å²) in [5.74, 6) is 0. The molecule has 0 aromatic rings. The summed E-state index contributed by atoms with van der Waals surface area (Å²) in [6, 6.07) is 0. The number of allylic oxidation sites excluding steroid dienone is 1. The summed E-state index contributed by atoms with van der Waals surface area (Å²) in [6.45, 7) is 4.53. The zero-order valence-electron chi connectivity index (χ0n) is 8.08. The van der Waals surface area contributed by atoms with Crippen LogP contribution in [0.4, 0.5) is 4.79 Å². The third-order valence-corrected chi connectivity index (χ3v) is 1.72. The van der Waals surface area contributed by atoms with Crippen LogP contribution >= 0.6 is 0 Å². The topological polar surface area (TPSA) is 59.6 Å². The standard InChI is InChI=1S/C9H14N2O3/c1-7(10-2)3-4-13-6-8-5-11-9(12)14-8/h3-4,8,10H,1,5-6H2,2H3,(H,11,12)/b4-3+. The molecule has 1 unspecified atom stereocenters. The zero-order valence-corrected chi connectivity index (χ0v) is 8.08. The van der Waals surface area contributed by atoms with Gasteiger partial charge in [0.1, 0.15) is 6.61 Å². The molecular weight excluding hydrogens is 184 g/mol. The lowest BCUT2D eigenvalue weighted by molar-refractivity contribution is 0.0878. The minimum absolute atomic E-state index is 0.199. The molecule has 5 heteroatoms. The summed E-state index contributed by atoms with van der Waals surface area (Å²) in [5.41, 5.74) is 0.756. The van der Waals surface area contributed by atoms with E-state index < -0.39 is 0 Å². The molecule has 0 aliphatic carbocycles. The fourth-order valence-corrected chi connectivity index (χ4v) is 0.901. The van der Waals surface area contributed by atoms with E-state index in [9.17, 15) is 4.79 Å². The molecule has 1 aliphatic rings. The Morgan fingerprint density at radius 3 is 3.29 bits per heavy atom. The van der Waals surface area contributed by atoms with Crippen molar-refractivity contribution in [2.24, 2.45) is 0 Å². The third kappa shape index (κ3) is 3.38. The van der Waals surface area contributed by atoms with Crippen molar-refractivity contribution in [3.63, 3.8) is 0 Å². The molecule has 1 aliphatic heterocycles. The fourth-order valence-electron chi connectivity index (χ4n) is 0.901. The highest BCUT2D eigenvalue weighted by atomic mass is 16.6. The van der Waals surface area contributed by atoms with Gasteiger partial charge >= 0.3 is 6.09 Å². The first kappa shape index (κ1) is 10.4. The van der Waals surface area contributed by atoms with Crippen molar-refractivity contribution in [1.29, 1.82) is 0 Å². The van der Waals surface area contributed by atoms with Crippen LogP contribution in [0.3, 0.4) is 0 Å². The van der Waals surface area contributed by atoms with Crippen LogP contribution < -0.4 is 10.6 Å².